The maximum atomic E-state index is 10.4. The van der Waals surface area contributed by atoms with Gasteiger partial charge in [0.15, 0.2) is 0 Å². The van der Waals surface area contributed by atoms with Crippen molar-refractivity contribution in [3.05, 3.63) is 35.9 Å². The number of nitrogens with one attached hydrogen (secondary N) is 1. The van der Waals surface area contributed by atoms with Crippen molar-refractivity contribution in [2.45, 2.75) is 37.0 Å². The van der Waals surface area contributed by atoms with Gasteiger partial charge in [-0.05, 0) is 18.4 Å². The first-order valence-corrected chi connectivity index (χ1v) is 6.35. The molecule has 4 atom stereocenters. The summed E-state index contributed by atoms with van der Waals surface area (Å²) in [5.74, 6) is 0.192. The van der Waals surface area contributed by atoms with E-state index in [-0.39, 0.29) is 12.0 Å². The Labute approximate surface area is 101 Å². The number of β-amino-alcohol motifs (C(OH)–C–C–N with tert-alkyl or cyclic N) is 1. The van der Waals surface area contributed by atoms with Crippen LogP contribution in [0.5, 0.6) is 0 Å². The predicted molar refractivity (Wildman–Crippen MR) is 65.6 cm³/mol. The van der Waals surface area contributed by atoms with Gasteiger partial charge >= 0.3 is 0 Å². The number of fused-ring (bicyclic) bond motifs is 1. The Bertz CT molecular complexity index is 394. The van der Waals surface area contributed by atoms with Crippen LogP contribution < -0.4 is 5.32 Å². The van der Waals surface area contributed by atoms with Crippen molar-refractivity contribution in [1.82, 2.24) is 5.32 Å². The third-order valence-electron chi connectivity index (χ3n) is 4.26. The molecule has 3 heteroatoms. The minimum atomic E-state index is -0.682. The van der Waals surface area contributed by atoms with E-state index in [1.807, 2.05) is 18.2 Å². The van der Waals surface area contributed by atoms with Crippen LogP contribution in [0.15, 0.2) is 30.3 Å². The SMILES string of the molecule is O[C@H]1C[C@H]2C(Cc3ccccc3)NC[C@@]2(O)C1. The summed E-state index contributed by atoms with van der Waals surface area (Å²) >= 11 is 0. The van der Waals surface area contributed by atoms with Gasteiger partial charge in [-0.25, -0.2) is 0 Å². The molecule has 1 unspecified atom stereocenters. The zero-order valence-electron chi connectivity index (χ0n) is 9.84. The first-order valence-electron chi connectivity index (χ1n) is 6.35. The van der Waals surface area contributed by atoms with Crippen molar-refractivity contribution < 1.29 is 10.2 Å². The Morgan fingerprint density at radius 2 is 2.06 bits per heavy atom. The van der Waals surface area contributed by atoms with Gasteiger partial charge in [-0.15, -0.1) is 0 Å². The number of benzene rings is 1. The summed E-state index contributed by atoms with van der Waals surface area (Å²) in [6.45, 7) is 0.617. The number of aliphatic hydroxyl groups is 2. The van der Waals surface area contributed by atoms with Crippen LogP contribution in [0.25, 0.3) is 0 Å². The van der Waals surface area contributed by atoms with E-state index >= 15 is 0 Å². The molecule has 2 aliphatic rings. The fourth-order valence-corrected chi connectivity index (χ4v) is 3.43. The molecule has 0 radical (unpaired) electrons. The molecule has 3 nitrogen and oxygen atoms in total. The van der Waals surface area contributed by atoms with Crippen molar-refractivity contribution in [3.63, 3.8) is 0 Å². The lowest BCUT2D eigenvalue weighted by Crippen LogP contribution is -2.34. The third kappa shape index (κ3) is 1.99. The van der Waals surface area contributed by atoms with Crippen LogP contribution in [0.2, 0.25) is 0 Å². The van der Waals surface area contributed by atoms with Crippen LogP contribution in [0.3, 0.4) is 0 Å². The molecule has 0 aromatic heterocycles. The summed E-state index contributed by atoms with van der Waals surface area (Å²) in [6, 6.07) is 10.6. The van der Waals surface area contributed by atoms with Gasteiger partial charge in [0, 0.05) is 24.9 Å². The van der Waals surface area contributed by atoms with E-state index < -0.39 is 5.60 Å². The molecule has 92 valence electrons. The topological polar surface area (TPSA) is 52.5 Å². The molecule has 1 saturated carbocycles. The average Bonchev–Trinajstić information content (AvgIpc) is 2.75. The second-order valence-electron chi connectivity index (χ2n) is 5.48. The Morgan fingerprint density at radius 3 is 2.82 bits per heavy atom. The molecule has 0 spiro atoms. The average molecular weight is 233 g/mol. The standard InChI is InChI=1S/C14H19NO2/c16-11-7-12-13(15-9-14(12,17)8-11)6-10-4-2-1-3-5-10/h1-5,11-13,15-17H,6-9H2/t11-,12-,13?,14-/m0/s1. The smallest absolute Gasteiger partial charge is 0.0840 e. The highest BCUT2D eigenvalue weighted by Gasteiger charge is 2.52. The Kier molecular flexibility index (Phi) is 2.69. The van der Waals surface area contributed by atoms with Crippen LogP contribution in [-0.4, -0.2) is 34.5 Å². The molecule has 1 aliphatic carbocycles. The Hall–Kier alpha value is -0.900. The molecule has 2 fully saturated rings. The molecule has 3 rings (SSSR count). The number of hydrogen-bond acceptors (Lipinski definition) is 3. The molecular formula is C14H19NO2. The summed E-state index contributed by atoms with van der Waals surface area (Å²) in [7, 11) is 0. The molecule has 1 heterocycles. The second kappa shape index (κ2) is 4.09. The molecule has 3 N–H and O–H groups in total. The molecule has 1 aromatic rings. The van der Waals surface area contributed by atoms with Crippen LogP contribution in [0.4, 0.5) is 0 Å². The largest absolute Gasteiger partial charge is 0.393 e. The zero-order valence-corrected chi connectivity index (χ0v) is 9.84. The van der Waals surface area contributed by atoms with Crippen LogP contribution >= 0.6 is 0 Å². The minimum Gasteiger partial charge on any atom is -0.393 e. The number of aliphatic hydroxyl groups excluding tert-OH is 1. The first kappa shape index (κ1) is 11.2. The fraction of sp³-hybridized carbons (Fsp3) is 0.571. The monoisotopic (exact) mass is 233 g/mol. The van der Waals surface area contributed by atoms with Crippen LogP contribution in [0.1, 0.15) is 18.4 Å². The van der Waals surface area contributed by atoms with Crippen molar-refractivity contribution in [1.29, 1.82) is 0 Å². The maximum absolute atomic E-state index is 10.4. The summed E-state index contributed by atoms with van der Waals surface area (Å²) in [6.07, 6.45) is 1.85. The quantitative estimate of drug-likeness (QED) is 0.705. The van der Waals surface area contributed by atoms with Crippen LogP contribution in [0, 0.1) is 5.92 Å². The predicted octanol–water partition coefficient (Wildman–Crippen LogP) is 0.703. The highest BCUT2D eigenvalue weighted by molar-refractivity contribution is 5.19. The van der Waals surface area contributed by atoms with E-state index in [0.29, 0.717) is 19.0 Å². The molecule has 1 aliphatic heterocycles. The molecule has 0 amide bonds. The van der Waals surface area contributed by atoms with Gasteiger partial charge in [0.2, 0.25) is 0 Å². The van der Waals surface area contributed by atoms with Gasteiger partial charge < -0.3 is 15.5 Å². The highest BCUT2D eigenvalue weighted by atomic mass is 16.3. The van der Waals surface area contributed by atoms with Crippen LogP contribution in [-0.2, 0) is 6.42 Å². The summed E-state index contributed by atoms with van der Waals surface area (Å²) < 4.78 is 0. The van der Waals surface area contributed by atoms with Gasteiger partial charge in [0.1, 0.15) is 0 Å². The lowest BCUT2D eigenvalue weighted by atomic mass is 9.87. The molecular weight excluding hydrogens is 214 g/mol. The number of hydrogen-bond donors (Lipinski definition) is 3. The third-order valence-corrected chi connectivity index (χ3v) is 4.26. The summed E-state index contributed by atoms with van der Waals surface area (Å²) in [4.78, 5) is 0. The van der Waals surface area contributed by atoms with E-state index in [9.17, 15) is 10.2 Å². The lowest BCUT2D eigenvalue weighted by molar-refractivity contribution is 0.0244. The van der Waals surface area contributed by atoms with Gasteiger partial charge in [0.05, 0.1) is 11.7 Å². The van der Waals surface area contributed by atoms with Gasteiger partial charge in [0.25, 0.3) is 0 Å². The van der Waals surface area contributed by atoms with Crippen molar-refractivity contribution in [2.75, 3.05) is 6.54 Å². The molecule has 1 saturated heterocycles. The van der Waals surface area contributed by atoms with Crippen molar-refractivity contribution in [3.8, 4) is 0 Å². The summed E-state index contributed by atoms with van der Waals surface area (Å²) in [5.41, 5.74) is 0.606. The molecule has 17 heavy (non-hydrogen) atoms. The van der Waals surface area contributed by atoms with Crippen molar-refractivity contribution >= 4 is 0 Å². The van der Waals surface area contributed by atoms with Gasteiger partial charge in [-0.1, -0.05) is 30.3 Å². The van der Waals surface area contributed by atoms with E-state index in [2.05, 4.69) is 17.4 Å². The molecule has 1 aromatic carbocycles. The Morgan fingerprint density at radius 1 is 1.29 bits per heavy atom. The van der Waals surface area contributed by atoms with Gasteiger partial charge in [-0.3, -0.25) is 0 Å². The second-order valence-corrected chi connectivity index (χ2v) is 5.48. The minimum absolute atomic E-state index is 0.192. The van der Waals surface area contributed by atoms with Gasteiger partial charge in [-0.2, -0.15) is 0 Å². The van der Waals surface area contributed by atoms with E-state index in [1.165, 1.54) is 5.56 Å². The first-order chi connectivity index (χ1) is 8.17. The maximum Gasteiger partial charge on any atom is 0.0840 e. The Balaban J connectivity index is 1.74. The van der Waals surface area contributed by atoms with E-state index in [1.54, 1.807) is 0 Å². The fourth-order valence-electron chi connectivity index (χ4n) is 3.43. The zero-order chi connectivity index (χ0) is 11.9. The van der Waals surface area contributed by atoms with Crippen molar-refractivity contribution in [2.24, 2.45) is 5.92 Å². The lowest BCUT2D eigenvalue weighted by Gasteiger charge is -2.23. The van der Waals surface area contributed by atoms with E-state index in [0.717, 1.165) is 12.8 Å². The highest BCUT2D eigenvalue weighted by Crippen LogP contribution is 2.42. The number of rotatable bonds is 2. The molecule has 0 bridgehead atoms. The van der Waals surface area contributed by atoms with E-state index in [4.69, 9.17) is 0 Å². The normalized spacial score (nSPS) is 40.5. The summed E-state index contributed by atoms with van der Waals surface area (Å²) in [5, 5.41) is 23.5.